The van der Waals surface area contributed by atoms with E-state index in [4.69, 9.17) is 9.47 Å². The molecular formula is C27H38O5. The molecule has 5 nitrogen and oxygen atoms in total. The van der Waals surface area contributed by atoms with Crippen LogP contribution in [0.4, 0.5) is 0 Å². The minimum absolute atomic E-state index is 0.00947. The molecule has 32 heavy (non-hydrogen) atoms. The van der Waals surface area contributed by atoms with E-state index < -0.39 is 23.8 Å². The summed E-state index contributed by atoms with van der Waals surface area (Å²) >= 11 is 0. The zero-order valence-electron chi connectivity index (χ0n) is 20.4. The van der Waals surface area contributed by atoms with Gasteiger partial charge in [0.2, 0.25) is 6.29 Å². The van der Waals surface area contributed by atoms with Crippen LogP contribution in [-0.2, 0) is 19.1 Å². The normalized spacial score (nSPS) is 48.8. The highest BCUT2D eigenvalue weighted by atomic mass is 16.6. The van der Waals surface area contributed by atoms with E-state index in [1.54, 1.807) is 0 Å². The molecule has 176 valence electrons. The molecule has 1 N–H and O–H groups in total. The van der Waals surface area contributed by atoms with Crippen molar-refractivity contribution >= 4 is 11.9 Å². The second-order valence-corrected chi connectivity index (χ2v) is 12.5. The Balaban J connectivity index is 1.66. The lowest BCUT2D eigenvalue weighted by molar-refractivity contribution is -0.218. The minimum atomic E-state index is -1.27. The van der Waals surface area contributed by atoms with Crippen LogP contribution in [0, 0.1) is 39.4 Å². The molecule has 1 heterocycles. The van der Waals surface area contributed by atoms with Gasteiger partial charge in [-0.1, -0.05) is 53.2 Å². The van der Waals surface area contributed by atoms with E-state index in [9.17, 15) is 14.7 Å². The highest BCUT2D eigenvalue weighted by Gasteiger charge is 2.69. The largest absolute Gasteiger partial charge is 0.462 e. The molecule has 0 aromatic heterocycles. The number of ether oxygens (including phenoxy) is 2. The number of carbonyl (C=O) groups is 2. The van der Waals surface area contributed by atoms with Gasteiger partial charge in [-0.2, -0.15) is 0 Å². The third-order valence-corrected chi connectivity index (χ3v) is 10.6. The number of rotatable bonds is 1. The minimum Gasteiger partial charge on any atom is -0.462 e. The molecule has 5 aliphatic rings. The van der Waals surface area contributed by atoms with Crippen molar-refractivity contribution in [2.45, 2.75) is 92.5 Å². The summed E-state index contributed by atoms with van der Waals surface area (Å²) in [4.78, 5) is 24.7. The number of fused-ring (bicyclic) bond motifs is 6. The molecule has 3 fully saturated rings. The molecule has 0 saturated heterocycles. The standard InChI is InChI=1S/C27H38O5/c1-15(28)31-20-14-19-25(4)12-7-11-24(2,3)17(25)10-13-26(19,5)18-9-8-16-21(27(18,20)6)23(30)32-22(16)29/h8-9,17-20,23,30H,7,10-14H2,1-6H3. The lowest BCUT2D eigenvalue weighted by Crippen LogP contribution is -2.65. The van der Waals surface area contributed by atoms with E-state index in [-0.39, 0.29) is 22.7 Å². The SMILES string of the molecule is CC(=O)OC1CC2C3(C)CCCC(C)(C)C3CCC2(C)C2C=CC3=C(C(O)OC3=O)C12C. The highest BCUT2D eigenvalue weighted by molar-refractivity contribution is 5.96. The molecule has 0 spiro atoms. The number of carbonyl (C=O) groups excluding carboxylic acids is 2. The highest BCUT2D eigenvalue weighted by Crippen LogP contribution is 2.73. The quantitative estimate of drug-likeness (QED) is 0.583. The molecule has 1 aliphatic heterocycles. The fraction of sp³-hybridized carbons (Fsp3) is 0.778. The smallest absolute Gasteiger partial charge is 0.340 e. The summed E-state index contributed by atoms with van der Waals surface area (Å²) in [5.74, 6) is 0.313. The Kier molecular flexibility index (Phi) is 4.65. The maximum Gasteiger partial charge on any atom is 0.340 e. The van der Waals surface area contributed by atoms with Crippen LogP contribution in [0.25, 0.3) is 0 Å². The van der Waals surface area contributed by atoms with Crippen LogP contribution >= 0.6 is 0 Å². The van der Waals surface area contributed by atoms with Gasteiger partial charge in [-0.3, -0.25) is 4.79 Å². The van der Waals surface area contributed by atoms with Gasteiger partial charge in [-0.15, -0.1) is 0 Å². The number of aliphatic hydroxyl groups is 1. The van der Waals surface area contributed by atoms with Crippen LogP contribution in [0.2, 0.25) is 0 Å². The van der Waals surface area contributed by atoms with Crippen LogP contribution in [0.3, 0.4) is 0 Å². The summed E-state index contributed by atoms with van der Waals surface area (Å²) in [5, 5.41) is 10.8. The molecule has 8 unspecified atom stereocenters. The molecule has 0 aromatic carbocycles. The van der Waals surface area contributed by atoms with Gasteiger partial charge in [0.25, 0.3) is 0 Å². The summed E-state index contributed by atoms with van der Waals surface area (Å²) in [6.45, 7) is 13.3. The zero-order valence-corrected chi connectivity index (χ0v) is 20.4. The van der Waals surface area contributed by atoms with Gasteiger partial charge in [0.15, 0.2) is 0 Å². The molecule has 0 aromatic rings. The molecule has 0 amide bonds. The van der Waals surface area contributed by atoms with Gasteiger partial charge < -0.3 is 14.6 Å². The van der Waals surface area contributed by atoms with E-state index in [0.29, 0.717) is 28.4 Å². The van der Waals surface area contributed by atoms with Crippen LogP contribution < -0.4 is 0 Å². The van der Waals surface area contributed by atoms with Crippen LogP contribution in [0.5, 0.6) is 0 Å². The lowest BCUT2D eigenvalue weighted by Gasteiger charge is -2.69. The Hall–Kier alpha value is -1.62. The lowest BCUT2D eigenvalue weighted by atomic mass is 9.35. The first-order chi connectivity index (χ1) is 14.9. The Bertz CT molecular complexity index is 930. The number of aliphatic hydroxyl groups excluding tert-OH is 1. The summed E-state index contributed by atoms with van der Waals surface area (Å²) in [5.41, 5.74) is 0.861. The average Bonchev–Trinajstić information content (AvgIpc) is 2.97. The predicted molar refractivity (Wildman–Crippen MR) is 120 cm³/mol. The van der Waals surface area contributed by atoms with Crippen LogP contribution in [0.15, 0.2) is 23.3 Å². The molecule has 5 heteroatoms. The monoisotopic (exact) mass is 442 g/mol. The van der Waals surface area contributed by atoms with Crippen molar-refractivity contribution in [2.75, 3.05) is 0 Å². The number of cyclic esters (lactones) is 1. The first-order valence-electron chi connectivity index (χ1n) is 12.3. The van der Waals surface area contributed by atoms with Crippen LogP contribution in [0.1, 0.15) is 80.1 Å². The summed E-state index contributed by atoms with van der Waals surface area (Å²) < 4.78 is 11.3. The van der Waals surface area contributed by atoms with Gasteiger partial charge in [0, 0.05) is 17.9 Å². The Labute approximate surface area is 191 Å². The van der Waals surface area contributed by atoms with Crippen molar-refractivity contribution in [1.29, 1.82) is 0 Å². The molecular weight excluding hydrogens is 404 g/mol. The third-order valence-electron chi connectivity index (χ3n) is 10.6. The molecule has 5 rings (SSSR count). The van der Waals surface area contributed by atoms with E-state index in [2.05, 4.69) is 40.7 Å². The number of esters is 2. The number of hydrogen-bond donors (Lipinski definition) is 1. The Morgan fingerprint density at radius 1 is 1.09 bits per heavy atom. The van der Waals surface area contributed by atoms with Crippen molar-refractivity contribution in [2.24, 2.45) is 39.4 Å². The van der Waals surface area contributed by atoms with Crippen molar-refractivity contribution in [3.05, 3.63) is 23.3 Å². The topological polar surface area (TPSA) is 72.8 Å². The second kappa shape index (κ2) is 6.71. The fourth-order valence-corrected chi connectivity index (χ4v) is 9.45. The Morgan fingerprint density at radius 2 is 1.81 bits per heavy atom. The average molecular weight is 443 g/mol. The first kappa shape index (κ1) is 22.2. The second-order valence-electron chi connectivity index (χ2n) is 12.5. The summed E-state index contributed by atoms with van der Waals surface area (Å²) in [7, 11) is 0. The fourth-order valence-electron chi connectivity index (χ4n) is 9.45. The molecule has 4 aliphatic carbocycles. The van der Waals surface area contributed by atoms with Crippen molar-refractivity contribution in [3.63, 3.8) is 0 Å². The van der Waals surface area contributed by atoms with Crippen LogP contribution in [-0.4, -0.2) is 29.4 Å². The number of allylic oxidation sites excluding steroid dienone is 1. The van der Waals surface area contributed by atoms with Gasteiger partial charge in [0.05, 0.1) is 5.57 Å². The van der Waals surface area contributed by atoms with Crippen molar-refractivity contribution < 1.29 is 24.2 Å². The zero-order chi connectivity index (χ0) is 23.3. The predicted octanol–water partition coefficient (Wildman–Crippen LogP) is 4.93. The molecule has 3 saturated carbocycles. The first-order valence-corrected chi connectivity index (χ1v) is 12.3. The maximum atomic E-state index is 12.4. The maximum absolute atomic E-state index is 12.4. The third kappa shape index (κ3) is 2.66. The van der Waals surface area contributed by atoms with E-state index >= 15 is 0 Å². The van der Waals surface area contributed by atoms with E-state index in [1.807, 2.05) is 6.08 Å². The molecule has 8 atom stereocenters. The number of hydrogen-bond acceptors (Lipinski definition) is 5. The van der Waals surface area contributed by atoms with Crippen molar-refractivity contribution in [1.82, 2.24) is 0 Å². The molecule has 0 bridgehead atoms. The van der Waals surface area contributed by atoms with Gasteiger partial charge in [-0.25, -0.2) is 4.79 Å². The van der Waals surface area contributed by atoms with Gasteiger partial charge in [0.1, 0.15) is 6.10 Å². The summed E-state index contributed by atoms with van der Waals surface area (Å²) in [6.07, 6.45) is 9.13. The van der Waals surface area contributed by atoms with E-state index in [1.165, 1.54) is 32.6 Å². The van der Waals surface area contributed by atoms with Crippen molar-refractivity contribution in [3.8, 4) is 0 Å². The van der Waals surface area contributed by atoms with Gasteiger partial charge in [-0.05, 0) is 66.1 Å². The summed E-state index contributed by atoms with van der Waals surface area (Å²) in [6, 6.07) is 0. The Morgan fingerprint density at radius 3 is 2.50 bits per heavy atom. The molecule has 0 radical (unpaired) electrons. The van der Waals surface area contributed by atoms with Gasteiger partial charge >= 0.3 is 11.9 Å². The van der Waals surface area contributed by atoms with E-state index in [0.717, 1.165) is 12.8 Å².